The van der Waals surface area contributed by atoms with E-state index in [0.29, 0.717) is 11.4 Å². The summed E-state index contributed by atoms with van der Waals surface area (Å²) in [6, 6.07) is 7.33. The Morgan fingerprint density at radius 1 is 1.53 bits per heavy atom. The van der Waals surface area contributed by atoms with Crippen LogP contribution in [0.15, 0.2) is 34.9 Å². The highest BCUT2D eigenvalue weighted by molar-refractivity contribution is 7.13. The average molecular weight is 251 g/mol. The van der Waals surface area contributed by atoms with Gasteiger partial charge in [0.25, 0.3) is 0 Å². The highest BCUT2D eigenvalue weighted by atomic mass is 32.1. The third kappa shape index (κ3) is 2.95. The molecule has 5 heteroatoms. The molecule has 0 saturated heterocycles. The molecule has 0 bridgehead atoms. The van der Waals surface area contributed by atoms with E-state index in [4.69, 9.17) is 9.52 Å². The molecule has 0 fully saturated rings. The van der Waals surface area contributed by atoms with Crippen molar-refractivity contribution in [1.82, 2.24) is 5.32 Å². The number of nitrogens with one attached hydrogen (secondary N) is 1. The van der Waals surface area contributed by atoms with Crippen molar-refractivity contribution in [2.45, 2.75) is 19.5 Å². The number of furan rings is 1. The minimum atomic E-state index is -0.875. The maximum Gasteiger partial charge on any atom is 0.345 e. The van der Waals surface area contributed by atoms with Crippen molar-refractivity contribution in [3.63, 3.8) is 0 Å². The number of aromatic carboxylic acids is 1. The summed E-state index contributed by atoms with van der Waals surface area (Å²) in [5.74, 6) is 0.000322. The van der Waals surface area contributed by atoms with E-state index in [-0.39, 0.29) is 6.04 Å². The van der Waals surface area contributed by atoms with Gasteiger partial charge in [-0.2, -0.15) is 0 Å². The van der Waals surface area contributed by atoms with Crippen LogP contribution in [0.4, 0.5) is 0 Å². The van der Waals surface area contributed by atoms with Crippen LogP contribution in [-0.4, -0.2) is 11.1 Å². The van der Waals surface area contributed by atoms with Crippen LogP contribution in [0, 0.1) is 0 Å². The maximum absolute atomic E-state index is 10.7. The molecule has 2 aromatic heterocycles. The minimum absolute atomic E-state index is 0.111. The molecular weight excluding hydrogens is 238 g/mol. The molecule has 1 atom stereocenters. The van der Waals surface area contributed by atoms with Crippen molar-refractivity contribution in [1.29, 1.82) is 0 Å². The lowest BCUT2D eigenvalue weighted by Crippen LogP contribution is -2.16. The highest BCUT2D eigenvalue weighted by Gasteiger charge is 2.10. The lowest BCUT2D eigenvalue weighted by Gasteiger charge is -2.09. The molecule has 2 N–H and O–H groups in total. The monoisotopic (exact) mass is 251 g/mol. The van der Waals surface area contributed by atoms with Crippen LogP contribution >= 0.6 is 11.3 Å². The van der Waals surface area contributed by atoms with Gasteiger partial charge in [0.1, 0.15) is 10.6 Å². The Kier molecular flexibility index (Phi) is 3.61. The molecule has 0 saturated carbocycles. The van der Waals surface area contributed by atoms with E-state index in [1.165, 1.54) is 11.3 Å². The molecule has 0 amide bonds. The largest absolute Gasteiger partial charge is 0.477 e. The van der Waals surface area contributed by atoms with Gasteiger partial charge in [0.05, 0.1) is 12.3 Å². The third-order valence-corrected chi connectivity index (χ3v) is 3.50. The van der Waals surface area contributed by atoms with Crippen molar-refractivity contribution in [2.75, 3.05) is 0 Å². The first-order valence-electron chi connectivity index (χ1n) is 5.25. The SMILES string of the molecule is CC(NCc1ccc(C(=O)O)s1)c1ccco1. The quantitative estimate of drug-likeness (QED) is 0.857. The van der Waals surface area contributed by atoms with Crippen molar-refractivity contribution in [3.8, 4) is 0 Å². The number of hydrogen-bond donors (Lipinski definition) is 2. The fourth-order valence-electron chi connectivity index (χ4n) is 1.48. The van der Waals surface area contributed by atoms with Crippen LogP contribution in [-0.2, 0) is 6.54 Å². The molecule has 0 aromatic carbocycles. The lowest BCUT2D eigenvalue weighted by molar-refractivity contribution is 0.0702. The molecule has 1 unspecified atom stereocenters. The van der Waals surface area contributed by atoms with E-state index in [2.05, 4.69) is 5.32 Å². The van der Waals surface area contributed by atoms with Crippen LogP contribution in [0.3, 0.4) is 0 Å². The molecule has 17 heavy (non-hydrogen) atoms. The Morgan fingerprint density at radius 2 is 2.35 bits per heavy atom. The van der Waals surface area contributed by atoms with Gasteiger partial charge in [-0.15, -0.1) is 11.3 Å². The first-order valence-corrected chi connectivity index (χ1v) is 6.07. The third-order valence-electron chi connectivity index (χ3n) is 2.42. The van der Waals surface area contributed by atoms with Crippen molar-refractivity contribution < 1.29 is 14.3 Å². The van der Waals surface area contributed by atoms with Gasteiger partial charge in [-0.25, -0.2) is 4.79 Å². The van der Waals surface area contributed by atoms with E-state index in [0.717, 1.165) is 10.6 Å². The second kappa shape index (κ2) is 5.16. The molecule has 0 aliphatic heterocycles. The van der Waals surface area contributed by atoms with Gasteiger partial charge in [0.2, 0.25) is 0 Å². The molecule has 0 aliphatic rings. The Hall–Kier alpha value is -1.59. The zero-order valence-electron chi connectivity index (χ0n) is 9.34. The fourth-order valence-corrected chi connectivity index (χ4v) is 2.28. The van der Waals surface area contributed by atoms with E-state index < -0.39 is 5.97 Å². The van der Waals surface area contributed by atoms with Crippen LogP contribution in [0.5, 0.6) is 0 Å². The summed E-state index contributed by atoms with van der Waals surface area (Å²) < 4.78 is 5.27. The predicted molar refractivity (Wildman–Crippen MR) is 65.2 cm³/mol. The summed E-state index contributed by atoms with van der Waals surface area (Å²) >= 11 is 1.29. The smallest absolute Gasteiger partial charge is 0.345 e. The Balaban J connectivity index is 1.91. The van der Waals surface area contributed by atoms with Crippen molar-refractivity contribution >= 4 is 17.3 Å². The summed E-state index contributed by atoms with van der Waals surface area (Å²) in [7, 11) is 0. The summed E-state index contributed by atoms with van der Waals surface area (Å²) in [6.45, 7) is 2.64. The van der Waals surface area contributed by atoms with Gasteiger partial charge in [-0.05, 0) is 31.2 Å². The van der Waals surface area contributed by atoms with Gasteiger partial charge < -0.3 is 14.8 Å². The first-order chi connectivity index (χ1) is 8.16. The number of hydrogen-bond acceptors (Lipinski definition) is 4. The number of thiophene rings is 1. The van der Waals surface area contributed by atoms with E-state index in [1.54, 1.807) is 12.3 Å². The number of carboxylic acid groups (broad SMARTS) is 1. The molecule has 4 nitrogen and oxygen atoms in total. The maximum atomic E-state index is 10.7. The zero-order chi connectivity index (χ0) is 12.3. The molecular formula is C12H13NO3S. The predicted octanol–water partition coefficient (Wildman–Crippen LogP) is 2.89. The van der Waals surface area contributed by atoms with Crippen molar-refractivity contribution in [2.24, 2.45) is 0 Å². The molecule has 2 aromatic rings. The van der Waals surface area contributed by atoms with E-state index in [1.807, 2.05) is 25.1 Å². The molecule has 0 aliphatic carbocycles. The summed E-state index contributed by atoms with van der Waals surface area (Å²) in [5, 5.41) is 12.1. The second-order valence-corrected chi connectivity index (χ2v) is 4.86. The van der Waals surface area contributed by atoms with E-state index in [9.17, 15) is 4.79 Å². The second-order valence-electron chi connectivity index (χ2n) is 3.69. The zero-order valence-corrected chi connectivity index (χ0v) is 10.2. The summed E-state index contributed by atoms with van der Waals surface area (Å²) in [5.41, 5.74) is 0. The Morgan fingerprint density at radius 3 is 2.94 bits per heavy atom. The standard InChI is InChI=1S/C12H13NO3S/c1-8(10-3-2-6-16-10)13-7-9-4-5-11(17-9)12(14)15/h2-6,8,13H,7H2,1H3,(H,14,15). The van der Waals surface area contributed by atoms with Crippen LogP contribution in [0.25, 0.3) is 0 Å². The number of carboxylic acids is 1. The number of rotatable bonds is 5. The minimum Gasteiger partial charge on any atom is -0.477 e. The van der Waals surface area contributed by atoms with Gasteiger partial charge in [-0.1, -0.05) is 0 Å². The highest BCUT2D eigenvalue weighted by Crippen LogP contribution is 2.18. The van der Waals surface area contributed by atoms with Crippen LogP contribution in [0.2, 0.25) is 0 Å². The molecule has 2 rings (SSSR count). The molecule has 0 spiro atoms. The van der Waals surface area contributed by atoms with Gasteiger partial charge >= 0.3 is 5.97 Å². The lowest BCUT2D eigenvalue weighted by atomic mass is 10.2. The first kappa shape index (κ1) is 11.9. The van der Waals surface area contributed by atoms with Crippen LogP contribution < -0.4 is 5.32 Å². The van der Waals surface area contributed by atoms with Gasteiger partial charge in [0.15, 0.2) is 0 Å². The van der Waals surface area contributed by atoms with Gasteiger partial charge in [0, 0.05) is 11.4 Å². The summed E-state index contributed by atoms with van der Waals surface area (Å²) in [4.78, 5) is 12.1. The summed E-state index contributed by atoms with van der Waals surface area (Å²) in [6.07, 6.45) is 1.64. The average Bonchev–Trinajstić information content (AvgIpc) is 2.97. The van der Waals surface area contributed by atoms with Crippen molar-refractivity contribution in [3.05, 3.63) is 46.0 Å². The van der Waals surface area contributed by atoms with Crippen LogP contribution in [0.1, 0.15) is 33.3 Å². The topological polar surface area (TPSA) is 62.5 Å². The molecule has 0 radical (unpaired) electrons. The normalized spacial score (nSPS) is 12.5. The van der Waals surface area contributed by atoms with Gasteiger partial charge in [-0.3, -0.25) is 0 Å². The molecule has 2 heterocycles. The van der Waals surface area contributed by atoms with E-state index >= 15 is 0 Å². The number of carbonyl (C=O) groups is 1. The Labute approximate surface area is 103 Å². The fraction of sp³-hybridized carbons (Fsp3) is 0.250. The Bertz CT molecular complexity index is 490. The molecule has 90 valence electrons.